The third kappa shape index (κ3) is 1.81. The average Bonchev–Trinajstić information content (AvgIpc) is 2.14. The molecule has 1 aromatic rings. The maximum atomic E-state index is 8.90. The van der Waals surface area contributed by atoms with E-state index in [0.717, 1.165) is 23.2 Å². The first-order chi connectivity index (χ1) is 6.20. The van der Waals surface area contributed by atoms with Crippen LogP contribution in [0.3, 0.4) is 0 Å². The number of nitrogens with zero attached hydrogens (tertiary/aromatic N) is 1. The van der Waals surface area contributed by atoms with Crippen molar-refractivity contribution < 1.29 is 0 Å². The Labute approximate surface area is 79.0 Å². The summed E-state index contributed by atoms with van der Waals surface area (Å²) in [6.45, 7) is 3.97. The van der Waals surface area contributed by atoms with E-state index in [9.17, 15) is 0 Å². The molecule has 2 nitrogen and oxygen atoms in total. The average molecular weight is 174 g/mol. The van der Waals surface area contributed by atoms with Crippen molar-refractivity contribution in [3.05, 3.63) is 29.3 Å². The van der Waals surface area contributed by atoms with Gasteiger partial charge in [-0.2, -0.15) is 5.26 Å². The van der Waals surface area contributed by atoms with E-state index in [0.29, 0.717) is 0 Å². The highest BCUT2D eigenvalue weighted by Gasteiger charge is 2.11. The number of hydrogen-bond acceptors (Lipinski definition) is 2. The quantitative estimate of drug-likeness (QED) is 0.700. The predicted molar refractivity (Wildman–Crippen MR) is 54.2 cm³/mol. The highest BCUT2D eigenvalue weighted by molar-refractivity contribution is 5.52. The lowest BCUT2D eigenvalue weighted by molar-refractivity contribution is 0.812. The summed E-state index contributed by atoms with van der Waals surface area (Å²) in [6.07, 6.45) is 0.834. The molecule has 0 aliphatic heterocycles. The van der Waals surface area contributed by atoms with E-state index in [2.05, 4.69) is 6.07 Å². The van der Waals surface area contributed by atoms with Crippen LogP contribution in [0.4, 0.5) is 5.69 Å². The molecule has 0 fully saturated rings. The number of nitrogens with two attached hydrogens (primary N) is 1. The van der Waals surface area contributed by atoms with Crippen LogP contribution in [0.15, 0.2) is 18.2 Å². The van der Waals surface area contributed by atoms with E-state index < -0.39 is 0 Å². The molecule has 0 aliphatic carbocycles. The second-order valence-electron chi connectivity index (χ2n) is 3.15. The Balaban J connectivity index is 3.15. The molecular weight excluding hydrogens is 160 g/mol. The molecule has 2 heteroatoms. The molecule has 0 aliphatic rings. The second-order valence-corrected chi connectivity index (χ2v) is 3.15. The minimum absolute atomic E-state index is 0.0245. The standard InChI is InChI=1S/C11H14N2/c1-3-9(7-12)10-5-4-6-11(13)8(10)2/h4-6,9H,3,13H2,1-2H3. The largest absolute Gasteiger partial charge is 0.399 e. The van der Waals surface area contributed by atoms with Crippen molar-refractivity contribution in [3.8, 4) is 6.07 Å². The van der Waals surface area contributed by atoms with Gasteiger partial charge in [0.15, 0.2) is 0 Å². The van der Waals surface area contributed by atoms with Crippen molar-refractivity contribution >= 4 is 5.69 Å². The fraction of sp³-hybridized carbons (Fsp3) is 0.364. The van der Waals surface area contributed by atoms with Crippen LogP contribution in [0.5, 0.6) is 0 Å². The molecule has 0 amide bonds. The Morgan fingerprint density at radius 3 is 2.77 bits per heavy atom. The predicted octanol–water partition coefficient (Wildman–Crippen LogP) is 2.59. The van der Waals surface area contributed by atoms with Gasteiger partial charge in [-0.05, 0) is 30.5 Å². The van der Waals surface area contributed by atoms with Gasteiger partial charge >= 0.3 is 0 Å². The molecule has 1 aromatic carbocycles. The third-order valence-corrected chi connectivity index (χ3v) is 2.36. The molecule has 0 aromatic heterocycles. The zero-order valence-corrected chi connectivity index (χ0v) is 8.04. The van der Waals surface area contributed by atoms with Gasteiger partial charge in [0.25, 0.3) is 0 Å². The minimum atomic E-state index is -0.0245. The van der Waals surface area contributed by atoms with E-state index in [1.165, 1.54) is 0 Å². The number of rotatable bonds is 2. The Morgan fingerprint density at radius 1 is 1.54 bits per heavy atom. The molecule has 0 saturated heterocycles. The maximum absolute atomic E-state index is 8.90. The van der Waals surface area contributed by atoms with Gasteiger partial charge in [0.1, 0.15) is 0 Å². The van der Waals surface area contributed by atoms with E-state index >= 15 is 0 Å². The lowest BCUT2D eigenvalue weighted by Gasteiger charge is -2.11. The molecule has 1 atom stereocenters. The Hall–Kier alpha value is -1.49. The van der Waals surface area contributed by atoms with Gasteiger partial charge in [0, 0.05) is 5.69 Å². The monoisotopic (exact) mass is 174 g/mol. The zero-order chi connectivity index (χ0) is 9.84. The molecule has 1 rings (SSSR count). The lowest BCUT2D eigenvalue weighted by atomic mass is 9.93. The van der Waals surface area contributed by atoms with Gasteiger partial charge < -0.3 is 5.73 Å². The van der Waals surface area contributed by atoms with E-state index in [1.807, 2.05) is 32.0 Å². The zero-order valence-electron chi connectivity index (χ0n) is 8.04. The molecule has 68 valence electrons. The molecule has 1 unspecified atom stereocenters. The van der Waals surface area contributed by atoms with Crippen molar-refractivity contribution in [2.75, 3.05) is 5.73 Å². The van der Waals surface area contributed by atoms with Crippen LogP contribution in [0, 0.1) is 18.3 Å². The number of anilines is 1. The summed E-state index contributed by atoms with van der Waals surface area (Å²) in [5.41, 5.74) is 8.63. The first-order valence-electron chi connectivity index (χ1n) is 4.45. The third-order valence-electron chi connectivity index (χ3n) is 2.36. The highest BCUT2D eigenvalue weighted by Crippen LogP contribution is 2.25. The summed E-state index contributed by atoms with van der Waals surface area (Å²) in [4.78, 5) is 0. The van der Waals surface area contributed by atoms with Gasteiger partial charge in [-0.15, -0.1) is 0 Å². The number of nitrogen functional groups attached to an aromatic ring is 1. The first kappa shape index (κ1) is 9.60. The van der Waals surface area contributed by atoms with Crippen LogP contribution in [-0.2, 0) is 0 Å². The number of hydrogen-bond donors (Lipinski definition) is 1. The molecular formula is C11H14N2. The fourth-order valence-electron chi connectivity index (χ4n) is 1.43. The lowest BCUT2D eigenvalue weighted by Crippen LogP contribution is -2.00. The second kappa shape index (κ2) is 3.95. The van der Waals surface area contributed by atoms with Gasteiger partial charge in [-0.1, -0.05) is 19.1 Å². The Kier molecular flexibility index (Phi) is 2.92. The SMILES string of the molecule is CCC(C#N)c1cccc(N)c1C. The van der Waals surface area contributed by atoms with Crippen molar-refractivity contribution in [1.82, 2.24) is 0 Å². The molecule has 13 heavy (non-hydrogen) atoms. The topological polar surface area (TPSA) is 49.8 Å². The number of nitriles is 1. The molecule has 0 heterocycles. The summed E-state index contributed by atoms with van der Waals surface area (Å²) in [6, 6.07) is 8.02. The molecule has 0 spiro atoms. The normalized spacial score (nSPS) is 12.1. The molecule has 0 radical (unpaired) electrons. The van der Waals surface area contributed by atoms with Gasteiger partial charge in [-0.25, -0.2) is 0 Å². The molecule has 0 saturated carbocycles. The van der Waals surface area contributed by atoms with Crippen molar-refractivity contribution in [2.45, 2.75) is 26.2 Å². The van der Waals surface area contributed by atoms with E-state index in [1.54, 1.807) is 0 Å². The number of benzene rings is 1. The van der Waals surface area contributed by atoms with Crippen molar-refractivity contribution in [1.29, 1.82) is 5.26 Å². The van der Waals surface area contributed by atoms with Crippen LogP contribution >= 0.6 is 0 Å². The van der Waals surface area contributed by atoms with Crippen molar-refractivity contribution in [3.63, 3.8) is 0 Å². The molecule has 0 bridgehead atoms. The summed E-state index contributed by atoms with van der Waals surface area (Å²) >= 11 is 0. The minimum Gasteiger partial charge on any atom is -0.399 e. The van der Waals surface area contributed by atoms with Gasteiger partial charge in [-0.3, -0.25) is 0 Å². The summed E-state index contributed by atoms with van der Waals surface area (Å²) in [7, 11) is 0. The van der Waals surface area contributed by atoms with Gasteiger partial charge in [0.05, 0.1) is 12.0 Å². The summed E-state index contributed by atoms with van der Waals surface area (Å²) < 4.78 is 0. The van der Waals surface area contributed by atoms with Crippen LogP contribution in [0.2, 0.25) is 0 Å². The fourth-order valence-corrected chi connectivity index (χ4v) is 1.43. The van der Waals surface area contributed by atoms with Crippen LogP contribution < -0.4 is 5.73 Å². The van der Waals surface area contributed by atoms with Gasteiger partial charge in [0.2, 0.25) is 0 Å². The molecule has 2 N–H and O–H groups in total. The Bertz CT molecular complexity index is 336. The smallest absolute Gasteiger partial charge is 0.0713 e. The Morgan fingerprint density at radius 2 is 2.23 bits per heavy atom. The summed E-state index contributed by atoms with van der Waals surface area (Å²) in [5, 5.41) is 8.90. The first-order valence-corrected chi connectivity index (χ1v) is 4.45. The van der Waals surface area contributed by atoms with Crippen molar-refractivity contribution in [2.24, 2.45) is 0 Å². The van der Waals surface area contributed by atoms with Crippen LogP contribution in [-0.4, -0.2) is 0 Å². The van der Waals surface area contributed by atoms with Crippen LogP contribution in [0.1, 0.15) is 30.4 Å². The maximum Gasteiger partial charge on any atom is 0.0713 e. The summed E-state index contributed by atoms with van der Waals surface area (Å²) in [5.74, 6) is -0.0245. The van der Waals surface area contributed by atoms with E-state index in [-0.39, 0.29) is 5.92 Å². The van der Waals surface area contributed by atoms with E-state index in [4.69, 9.17) is 11.0 Å². The van der Waals surface area contributed by atoms with Crippen LogP contribution in [0.25, 0.3) is 0 Å². The highest BCUT2D eigenvalue weighted by atomic mass is 14.6.